The summed E-state index contributed by atoms with van der Waals surface area (Å²) >= 11 is 0. The molecule has 2 aliphatic heterocycles. The van der Waals surface area contributed by atoms with E-state index in [1.807, 2.05) is 24.1 Å². The highest BCUT2D eigenvalue weighted by Crippen LogP contribution is 2.24. The smallest absolute Gasteiger partial charge is 0.253 e. The van der Waals surface area contributed by atoms with E-state index in [9.17, 15) is 4.79 Å². The lowest BCUT2D eigenvalue weighted by Gasteiger charge is -2.27. The number of hydrogen-bond donors (Lipinski definition) is 1. The second kappa shape index (κ2) is 10.0. The Labute approximate surface area is 157 Å². The molecule has 1 N–H and O–H groups in total. The molecule has 2 fully saturated rings. The van der Waals surface area contributed by atoms with Gasteiger partial charge in [0.05, 0.1) is 13.2 Å². The van der Waals surface area contributed by atoms with Crippen LogP contribution in [0, 0.1) is 0 Å². The average molecular weight is 360 g/mol. The van der Waals surface area contributed by atoms with Gasteiger partial charge in [-0.1, -0.05) is 12.1 Å². The Morgan fingerprint density at radius 2 is 2.15 bits per heavy atom. The van der Waals surface area contributed by atoms with Crippen molar-refractivity contribution in [3.63, 3.8) is 0 Å². The summed E-state index contributed by atoms with van der Waals surface area (Å²) < 4.78 is 5.38. The summed E-state index contributed by atoms with van der Waals surface area (Å²) in [6, 6.07) is 8.25. The van der Waals surface area contributed by atoms with Crippen LogP contribution in [0.3, 0.4) is 0 Å². The Kier molecular flexibility index (Phi) is 7.47. The number of benzene rings is 1. The van der Waals surface area contributed by atoms with Gasteiger partial charge in [-0.3, -0.25) is 9.69 Å². The topological polar surface area (TPSA) is 44.8 Å². The van der Waals surface area contributed by atoms with Gasteiger partial charge in [0.25, 0.3) is 5.91 Å². The molecule has 1 amide bonds. The zero-order chi connectivity index (χ0) is 18.2. The summed E-state index contributed by atoms with van der Waals surface area (Å²) in [5.74, 6) is 0.678. The Morgan fingerprint density at radius 3 is 2.92 bits per heavy atom. The summed E-state index contributed by atoms with van der Waals surface area (Å²) in [4.78, 5) is 17.1. The number of amides is 1. The first kappa shape index (κ1) is 19.3. The van der Waals surface area contributed by atoms with E-state index in [0.29, 0.717) is 5.92 Å². The molecule has 0 spiro atoms. The second-order valence-electron chi connectivity index (χ2n) is 7.56. The van der Waals surface area contributed by atoms with E-state index in [4.69, 9.17) is 4.74 Å². The van der Waals surface area contributed by atoms with E-state index in [0.717, 1.165) is 70.9 Å². The molecule has 1 atom stereocenters. The number of morpholine rings is 1. The third-order valence-electron chi connectivity index (χ3n) is 5.57. The Bertz CT molecular complexity index is 566. The van der Waals surface area contributed by atoms with Crippen LogP contribution in [-0.4, -0.2) is 75.2 Å². The minimum atomic E-state index is 0.141. The molecule has 0 unspecified atom stereocenters. The van der Waals surface area contributed by atoms with Crippen molar-refractivity contribution in [3.05, 3.63) is 35.4 Å². The van der Waals surface area contributed by atoms with Gasteiger partial charge in [0.1, 0.15) is 0 Å². The maximum absolute atomic E-state index is 12.8. The van der Waals surface area contributed by atoms with Gasteiger partial charge in [0.15, 0.2) is 0 Å². The molecule has 0 bridgehead atoms. The van der Waals surface area contributed by atoms with Crippen molar-refractivity contribution < 1.29 is 9.53 Å². The van der Waals surface area contributed by atoms with Crippen molar-refractivity contribution in [1.29, 1.82) is 0 Å². The van der Waals surface area contributed by atoms with Gasteiger partial charge in [0, 0.05) is 38.8 Å². The first-order valence-corrected chi connectivity index (χ1v) is 10.1. The molecule has 3 rings (SSSR count). The minimum Gasteiger partial charge on any atom is -0.379 e. The number of nitrogens with one attached hydrogen (secondary N) is 1. The van der Waals surface area contributed by atoms with Gasteiger partial charge >= 0.3 is 0 Å². The lowest BCUT2D eigenvalue weighted by atomic mass is 9.90. The summed E-state index contributed by atoms with van der Waals surface area (Å²) in [5.41, 5.74) is 2.12. The van der Waals surface area contributed by atoms with Gasteiger partial charge in [0.2, 0.25) is 0 Å². The van der Waals surface area contributed by atoms with Crippen LogP contribution in [0.15, 0.2) is 24.3 Å². The Morgan fingerprint density at radius 1 is 1.31 bits per heavy atom. The molecule has 144 valence electrons. The molecule has 2 aliphatic rings. The predicted octanol–water partition coefficient (Wildman–Crippen LogP) is 2.34. The van der Waals surface area contributed by atoms with Crippen LogP contribution >= 0.6 is 0 Å². The first-order valence-electron chi connectivity index (χ1n) is 10.1. The lowest BCUT2D eigenvalue weighted by molar-refractivity contribution is 0.0369. The number of carbonyl (C=O) groups is 1. The molecule has 5 nitrogen and oxygen atoms in total. The Hall–Kier alpha value is -1.43. The third kappa shape index (κ3) is 5.53. The maximum atomic E-state index is 12.8. The summed E-state index contributed by atoms with van der Waals surface area (Å²) in [6.45, 7) is 7.84. The van der Waals surface area contributed by atoms with Crippen LogP contribution in [0.1, 0.15) is 47.5 Å². The van der Waals surface area contributed by atoms with Crippen LogP contribution in [0.2, 0.25) is 0 Å². The van der Waals surface area contributed by atoms with Crippen molar-refractivity contribution in [2.45, 2.75) is 31.6 Å². The van der Waals surface area contributed by atoms with Crippen LogP contribution < -0.4 is 5.32 Å². The molecule has 0 aromatic heterocycles. The number of ether oxygens (including phenoxy) is 1. The number of carbonyl (C=O) groups excluding carboxylic acids is 1. The molecular formula is C21H33N3O2. The van der Waals surface area contributed by atoms with E-state index >= 15 is 0 Å². The number of nitrogens with zero attached hydrogens (tertiary/aromatic N) is 2. The molecule has 1 aromatic carbocycles. The fraction of sp³-hybridized carbons (Fsp3) is 0.667. The van der Waals surface area contributed by atoms with E-state index in [1.54, 1.807) is 0 Å². The van der Waals surface area contributed by atoms with Crippen molar-refractivity contribution in [3.8, 4) is 0 Å². The number of unbranched alkanes of at least 4 members (excludes halogenated alkanes) is 1. The highest BCUT2D eigenvalue weighted by atomic mass is 16.5. The fourth-order valence-electron chi connectivity index (χ4n) is 3.89. The van der Waals surface area contributed by atoms with Gasteiger partial charge in [-0.25, -0.2) is 0 Å². The summed E-state index contributed by atoms with van der Waals surface area (Å²) in [5, 5.41) is 3.46. The van der Waals surface area contributed by atoms with Gasteiger partial charge in [-0.2, -0.15) is 0 Å². The monoisotopic (exact) mass is 359 g/mol. The zero-order valence-electron chi connectivity index (χ0n) is 16.1. The molecule has 0 saturated carbocycles. The molecule has 2 heterocycles. The van der Waals surface area contributed by atoms with E-state index < -0.39 is 0 Å². The first-order chi connectivity index (χ1) is 12.7. The molecule has 0 radical (unpaired) electrons. The molecule has 5 heteroatoms. The molecular weight excluding hydrogens is 326 g/mol. The number of piperidine rings is 1. The van der Waals surface area contributed by atoms with Gasteiger partial charge in [-0.15, -0.1) is 0 Å². The lowest BCUT2D eigenvalue weighted by Crippen LogP contribution is -2.37. The van der Waals surface area contributed by atoms with Crippen LogP contribution in [-0.2, 0) is 4.74 Å². The van der Waals surface area contributed by atoms with Gasteiger partial charge < -0.3 is 15.0 Å². The Balaban J connectivity index is 1.45. The fourth-order valence-corrected chi connectivity index (χ4v) is 3.89. The zero-order valence-corrected chi connectivity index (χ0v) is 16.1. The largest absolute Gasteiger partial charge is 0.379 e. The SMILES string of the molecule is CN(CCCCN1CCOCC1)C(=O)c1cccc([C@@H]2CCCNC2)c1. The second-order valence-corrected chi connectivity index (χ2v) is 7.56. The normalized spacial score (nSPS) is 21.5. The van der Waals surface area contributed by atoms with E-state index in [1.165, 1.54) is 18.4 Å². The predicted molar refractivity (Wildman–Crippen MR) is 105 cm³/mol. The standard InChI is InChI=1S/C21H33N3O2/c1-23(10-2-3-11-24-12-14-26-15-13-24)21(25)19-7-4-6-18(16-19)20-8-5-9-22-17-20/h4,6-7,16,20,22H,2-3,5,8-15,17H2,1H3/t20-/m1/s1. The van der Waals surface area contributed by atoms with Crippen molar-refractivity contribution >= 4 is 5.91 Å². The van der Waals surface area contributed by atoms with E-state index in [2.05, 4.69) is 22.3 Å². The van der Waals surface area contributed by atoms with Crippen molar-refractivity contribution in [2.75, 3.05) is 59.5 Å². The molecule has 26 heavy (non-hydrogen) atoms. The maximum Gasteiger partial charge on any atom is 0.253 e. The highest BCUT2D eigenvalue weighted by Gasteiger charge is 2.18. The van der Waals surface area contributed by atoms with Crippen molar-refractivity contribution in [1.82, 2.24) is 15.1 Å². The summed E-state index contributed by atoms with van der Waals surface area (Å²) in [7, 11) is 1.92. The average Bonchev–Trinajstić information content (AvgIpc) is 2.72. The molecule has 2 saturated heterocycles. The van der Waals surface area contributed by atoms with Crippen LogP contribution in [0.5, 0.6) is 0 Å². The highest BCUT2D eigenvalue weighted by molar-refractivity contribution is 5.94. The molecule has 0 aliphatic carbocycles. The van der Waals surface area contributed by atoms with Crippen molar-refractivity contribution in [2.24, 2.45) is 0 Å². The minimum absolute atomic E-state index is 0.141. The van der Waals surface area contributed by atoms with Crippen LogP contribution in [0.4, 0.5) is 0 Å². The third-order valence-corrected chi connectivity index (χ3v) is 5.57. The quantitative estimate of drug-likeness (QED) is 0.759. The number of hydrogen-bond acceptors (Lipinski definition) is 4. The number of rotatable bonds is 7. The molecule has 1 aromatic rings. The van der Waals surface area contributed by atoms with Crippen LogP contribution in [0.25, 0.3) is 0 Å². The summed E-state index contributed by atoms with van der Waals surface area (Å²) in [6.07, 6.45) is 4.60. The van der Waals surface area contributed by atoms with Gasteiger partial charge in [-0.05, 0) is 62.4 Å². The van der Waals surface area contributed by atoms with E-state index in [-0.39, 0.29) is 5.91 Å².